The lowest BCUT2D eigenvalue weighted by Gasteiger charge is -2.33. The number of carbonyl (C=O) groups is 2. The molecule has 0 radical (unpaired) electrons. The summed E-state index contributed by atoms with van der Waals surface area (Å²) in [7, 11) is 1.53. The van der Waals surface area contributed by atoms with Gasteiger partial charge in [0.25, 0.3) is 5.91 Å². The number of methoxy groups -OCH3 is 1. The number of aliphatic carboxylic acids is 1. The molecule has 0 aromatic heterocycles. The molecule has 1 aromatic rings. The average Bonchev–Trinajstić information content (AvgIpc) is 2.53. The Bertz CT molecular complexity index is 523. The second-order valence-corrected chi connectivity index (χ2v) is 5.11. The van der Waals surface area contributed by atoms with E-state index in [0.29, 0.717) is 37.4 Å². The Labute approximate surface area is 123 Å². The number of hydrogen-bond donors (Lipinski definition) is 2. The molecule has 2 rings (SSSR count). The van der Waals surface area contributed by atoms with Crippen LogP contribution < -0.4 is 10.1 Å². The van der Waals surface area contributed by atoms with Gasteiger partial charge >= 0.3 is 5.97 Å². The molecule has 0 spiro atoms. The first-order chi connectivity index (χ1) is 10.1. The van der Waals surface area contributed by atoms with Crippen LogP contribution in [-0.4, -0.2) is 43.9 Å². The molecule has 1 aromatic carbocycles. The highest BCUT2D eigenvalue weighted by Gasteiger charge is 2.40. The molecular formula is C15H19NO5. The van der Waals surface area contributed by atoms with Crippen molar-refractivity contribution in [2.24, 2.45) is 5.41 Å². The Morgan fingerprint density at radius 1 is 1.38 bits per heavy atom. The van der Waals surface area contributed by atoms with Crippen molar-refractivity contribution >= 4 is 11.9 Å². The summed E-state index contributed by atoms with van der Waals surface area (Å²) in [4.78, 5) is 23.6. The summed E-state index contributed by atoms with van der Waals surface area (Å²) in [6, 6.07) is 6.74. The number of benzene rings is 1. The molecule has 0 saturated carbocycles. The molecule has 6 heteroatoms. The summed E-state index contributed by atoms with van der Waals surface area (Å²) in [5, 5.41) is 12.1. The predicted octanol–water partition coefficient (Wildman–Crippen LogP) is 1.31. The smallest absolute Gasteiger partial charge is 0.311 e. The normalized spacial score (nSPS) is 17.0. The molecule has 0 atom stereocenters. The Morgan fingerprint density at radius 2 is 2.10 bits per heavy atom. The van der Waals surface area contributed by atoms with E-state index < -0.39 is 11.4 Å². The molecular weight excluding hydrogens is 274 g/mol. The van der Waals surface area contributed by atoms with Gasteiger partial charge in [-0.3, -0.25) is 9.59 Å². The van der Waals surface area contributed by atoms with Gasteiger partial charge in [0.2, 0.25) is 0 Å². The predicted molar refractivity (Wildman–Crippen MR) is 75.4 cm³/mol. The largest absolute Gasteiger partial charge is 0.497 e. The molecule has 1 amide bonds. The maximum atomic E-state index is 12.1. The van der Waals surface area contributed by atoms with E-state index in [1.807, 2.05) is 0 Å². The first kappa shape index (κ1) is 15.3. The number of hydrogen-bond acceptors (Lipinski definition) is 4. The van der Waals surface area contributed by atoms with Crippen molar-refractivity contribution in [3.63, 3.8) is 0 Å². The second-order valence-electron chi connectivity index (χ2n) is 5.11. The van der Waals surface area contributed by atoms with E-state index in [1.54, 1.807) is 24.3 Å². The molecule has 1 saturated heterocycles. The number of nitrogens with one attached hydrogen (secondary N) is 1. The zero-order chi connectivity index (χ0) is 15.3. The van der Waals surface area contributed by atoms with E-state index in [1.165, 1.54) is 7.11 Å². The first-order valence-corrected chi connectivity index (χ1v) is 6.81. The van der Waals surface area contributed by atoms with Gasteiger partial charge < -0.3 is 19.9 Å². The number of ether oxygens (including phenoxy) is 2. The fourth-order valence-corrected chi connectivity index (χ4v) is 2.34. The van der Waals surface area contributed by atoms with Gasteiger partial charge in [0.1, 0.15) is 5.75 Å². The molecule has 0 bridgehead atoms. The van der Waals surface area contributed by atoms with Gasteiger partial charge in [0.15, 0.2) is 0 Å². The van der Waals surface area contributed by atoms with E-state index in [4.69, 9.17) is 9.47 Å². The molecule has 0 aliphatic carbocycles. The zero-order valence-electron chi connectivity index (χ0n) is 11.9. The van der Waals surface area contributed by atoms with Crippen molar-refractivity contribution in [1.29, 1.82) is 0 Å². The quantitative estimate of drug-likeness (QED) is 0.855. The van der Waals surface area contributed by atoms with Crippen molar-refractivity contribution in [3.8, 4) is 5.75 Å². The highest BCUT2D eigenvalue weighted by Crippen LogP contribution is 2.30. The van der Waals surface area contributed by atoms with Crippen LogP contribution in [0.5, 0.6) is 5.75 Å². The van der Waals surface area contributed by atoms with Crippen molar-refractivity contribution in [2.75, 3.05) is 26.9 Å². The second kappa shape index (κ2) is 6.58. The minimum Gasteiger partial charge on any atom is -0.497 e. The number of amides is 1. The lowest BCUT2D eigenvalue weighted by Crippen LogP contribution is -2.46. The Morgan fingerprint density at radius 3 is 2.71 bits per heavy atom. The van der Waals surface area contributed by atoms with Gasteiger partial charge in [-0.2, -0.15) is 0 Å². The Kier molecular flexibility index (Phi) is 4.80. The number of carboxylic acid groups (broad SMARTS) is 1. The van der Waals surface area contributed by atoms with Crippen LogP contribution >= 0.6 is 0 Å². The zero-order valence-corrected chi connectivity index (χ0v) is 11.9. The molecule has 21 heavy (non-hydrogen) atoms. The van der Waals surface area contributed by atoms with Crippen LogP contribution in [0.15, 0.2) is 24.3 Å². The van der Waals surface area contributed by atoms with E-state index in [2.05, 4.69) is 5.32 Å². The van der Waals surface area contributed by atoms with Crippen molar-refractivity contribution < 1.29 is 24.2 Å². The number of carbonyl (C=O) groups excluding carboxylic acids is 1. The number of carboxylic acids is 1. The van der Waals surface area contributed by atoms with Gasteiger partial charge in [0, 0.05) is 25.3 Å². The van der Waals surface area contributed by atoms with Crippen LogP contribution in [0.1, 0.15) is 23.2 Å². The van der Waals surface area contributed by atoms with Crippen LogP contribution in [0.25, 0.3) is 0 Å². The van der Waals surface area contributed by atoms with Gasteiger partial charge in [-0.25, -0.2) is 0 Å². The molecule has 1 heterocycles. The summed E-state index contributed by atoms with van der Waals surface area (Å²) in [6.07, 6.45) is 0.807. The fraction of sp³-hybridized carbons (Fsp3) is 0.467. The third-order valence-corrected chi connectivity index (χ3v) is 3.82. The topological polar surface area (TPSA) is 84.9 Å². The molecule has 1 aliphatic rings. The number of rotatable bonds is 5. The highest BCUT2D eigenvalue weighted by atomic mass is 16.5. The lowest BCUT2D eigenvalue weighted by atomic mass is 9.80. The summed E-state index contributed by atoms with van der Waals surface area (Å²) >= 11 is 0. The summed E-state index contributed by atoms with van der Waals surface area (Å²) in [5.41, 5.74) is -0.491. The minimum absolute atomic E-state index is 0.0989. The maximum absolute atomic E-state index is 12.1. The van der Waals surface area contributed by atoms with E-state index in [9.17, 15) is 14.7 Å². The Balaban J connectivity index is 2.03. The minimum atomic E-state index is -0.938. The van der Waals surface area contributed by atoms with E-state index in [0.717, 1.165) is 0 Å². The standard InChI is InChI=1S/C15H19NO5/c1-20-12-4-2-3-11(9-12)13(17)16-10-15(14(18)19)5-7-21-8-6-15/h2-4,9H,5-8,10H2,1H3,(H,16,17)(H,18,19). The molecule has 1 fully saturated rings. The molecule has 114 valence electrons. The Hall–Kier alpha value is -2.08. The van der Waals surface area contributed by atoms with Crippen molar-refractivity contribution in [1.82, 2.24) is 5.32 Å². The highest BCUT2D eigenvalue weighted by molar-refractivity contribution is 5.94. The van der Waals surface area contributed by atoms with Crippen LogP contribution in [0.4, 0.5) is 0 Å². The van der Waals surface area contributed by atoms with Gasteiger partial charge in [-0.1, -0.05) is 6.07 Å². The van der Waals surface area contributed by atoms with Crippen LogP contribution in [0.3, 0.4) is 0 Å². The molecule has 1 aliphatic heterocycles. The molecule has 6 nitrogen and oxygen atoms in total. The maximum Gasteiger partial charge on any atom is 0.311 e. The van der Waals surface area contributed by atoms with Gasteiger partial charge in [0.05, 0.1) is 12.5 Å². The van der Waals surface area contributed by atoms with Gasteiger partial charge in [-0.05, 0) is 31.0 Å². The summed E-state index contributed by atoms with van der Waals surface area (Å²) < 4.78 is 10.3. The van der Waals surface area contributed by atoms with Crippen molar-refractivity contribution in [3.05, 3.63) is 29.8 Å². The SMILES string of the molecule is COc1cccc(C(=O)NCC2(C(=O)O)CCOCC2)c1. The lowest BCUT2D eigenvalue weighted by molar-refractivity contribution is -0.154. The van der Waals surface area contributed by atoms with Crippen LogP contribution in [-0.2, 0) is 9.53 Å². The van der Waals surface area contributed by atoms with Crippen LogP contribution in [0.2, 0.25) is 0 Å². The molecule has 0 unspecified atom stereocenters. The first-order valence-electron chi connectivity index (χ1n) is 6.81. The third-order valence-electron chi connectivity index (χ3n) is 3.82. The summed E-state index contributed by atoms with van der Waals surface area (Å²) in [5.74, 6) is -0.612. The monoisotopic (exact) mass is 293 g/mol. The molecule has 2 N–H and O–H groups in total. The van der Waals surface area contributed by atoms with E-state index >= 15 is 0 Å². The van der Waals surface area contributed by atoms with Crippen LogP contribution in [0, 0.1) is 5.41 Å². The van der Waals surface area contributed by atoms with E-state index in [-0.39, 0.29) is 12.5 Å². The third kappa shape index (κ3) is 3.52. The summed E-state index contributed by atoms with van der Waals surface area (Å²) in [6.45, 7) is 0.907. The fourth-order valence-electron chi connectivity index (χ4n) is 2.34. The van der Waals surface area contributed by atoms with Gasteiger partial charge in [-0.15, -0.1) is 0 Å². The van der Waals surface area contributed by atoms with Crippen molar-refractivity contribution in [2.45, 2.75) is 12.8 Å². The average molecular weight is 293 g/mol.